The molecule has 1 atom stereocenters. The van der Waals surface area contributed by atoms with Crippen molar-refractivity contribution in [2.45, 2.75) is 13.0 Å². The summed E-state index contributed by atoms with van der Waals surface area (Å²) in [6.07, 6.45) is 3.68. The fourth-order valence-corrected chi connectivity index (χ4v) is 2.04. The lowest BCUT2D eigenvalue weighted by atomic mass is 10.2. The number of hydrogen-bond acceptors (Lipinski definition) is 2. The lowest BCUT2D eigenvalue weighted by Crippen LogP contribution is -2.12. The molecule has 2 aromatic rings. The minimum atomic E-state index is 0.0611. The van der Waals surface area contributed by atoms with E-state index in [1.807, 2.05) is 30.8 Å². The first kappa shape index (κ1) is 12.3. The zero-order valence-corrected chi connectivity index (χ0v) is 11.1. The van der Waals surface area contributed by atoms with Crippen molar-refractivity contribution in [2.75, 3.05) is 5.32 Å². The van der Waals surface area contributed by atoms with Gasteiger partial charge in [0.15, 0.2) is 0 Å². The number of rotatable bonds is 3. The number of imidazole rings is 1. The van der Waals surface area contributed by atoms with Gasteiger partial charge in [-0.1, -0.05) is 23.2 Å². The third-order valence-corrected chi connectivity index (χ3v) is 3.11. The normalized spacial score (nSPS) is 12.5. The van der Waals surface area contributed by atoms with E-state index in [4.69, 9.17) is 23.2 Å². The van der Waals surface area contributed by atoms with Crippen LogP contribution < -0.4 is 5.32 Å². The molecule has 5 heteroatoms. The average Bonchev–Trinajstić information content (AvgIpc) is 2.70. The summed E-state index contributed by atoms with van der Waals surface area (Å²) < 4.78 is 1.97. The highest BCUT2D eigenvalue weighted by Gasteiger charge is 2.11. The van der Waals surface area contributed by atoms with Crippen LogP contribution in [-0.4, -0.2) is 9.55 Å². The highest BCUT2D eigenvalue weighted by atomic mass is 35.5. The molecule has 3 nitrogen and oxygen atoms in total. The Bertz CT molecular complexity index is 522. The van der Waals surface area contributed by atoms with Gasteiger partial charge in [0.2, 0.25) is 0 Å². The molecule has 0 fully saturated rings. The smallest absolute Gasteiger partial charge is 0.130 e. The average molecular weight is 270 g/mol. The topological polar surface area (TPSA) is 29.9 Å². The Kier molecular flexibility index (Phi) is 3.60. The third kappa shape index (κ3) is 2.73. The summed E-state index contributed by atoms with van der Waals surface area (Å²) in [5.74, 6) is 0.945. The van der Waals surface area contributed by atoms with Crippen molar-refractivity contribution >= 4 is 28.9 Å². The van der Waals surface area contributed by atoms with Crippen LogP contribution in [0.15, 0.2) is 30.6 Å². The number of aryl methyl sites for hydroxylation is 1. The Morgan fingerprint density at radius 1 is 1.35 bits per heavy atom. The Hall–Kier alpha value is -1.19. The molecular weight excluding hydrogens is 257 g/mol. The zero-order chi connectivity index (χ0) is 12.4. The number of aromatic nitrogens is 2. The van der Waals surface area contributed by atoms with E-state index in [0.29, 0.717) is 10.0 Å². The van der Waals surface area contributed by atoms with Crippen LogP contribution >= 0.6 is 23.2 Å². The van der Waals surface area contributed by atoms with Crippen LogP contribution in [-0.2, 0) is 7.05 Å². The summed E-state index contributed by atoms with van der Waals surface area (Å²) in [6, 6.07) is 5.41. The fourth-order valence-electron chi connectivity index (χ4n) is 1.70. The predicted octanol–water partition coefficient (Wildman–Crippen LogP) is 3.90. The summed E-state index contributed by atoms with van der Waals surface area (Å²) in [7, 11) is 1.96. The van der Waals surface area contributed by atoms with E-state index in [9.17, 15) is 0 Å². The van der Waals surface area contributed by atoms with Crippen molar-refractivity contribution < 1.29 is 0 Å². The van der Waals surface area contributed by atoms with Gasteiger partial charge in [-0.05, 0) is 25.1 Å². The zero-order valence-electron chi connectivity index (χ0n) is 9.61. The van der Waals surface area contributed by atoms with Crippen LogP contribution in [0.4, 0.5) is 5.69 Å². The summed E-state index contributed by atoms with van der Waals surface area (Å²) >= 11 is 12.0. The lowest BCUT2D eigenvalue weighted by Gasteiger charge is -2.16. The molecule has 2 rings (SSSR count). The largest absolute Gasteiger partial charge is 0.374 e. The molecule has 17 heavy (non-hydrogen) atoms. The van der Waals surface area contributed by atoms with Gasteiger partial charge in [-0.25, -0.2) is 4.98 Å². The molecule has 1 unspecified atom stereocenters. The first-order chi connectivity index (χ1) is 8.08. The predicted molar refractivity (Wildman–Crippen MR) is 71.7 cm³/mol. The van der Waals surface area contributed by atoms with Crippen molar-refractivity contribution in [1.29, 1.82) is 0 Å². The minimum Gasteiger partial charge on any atom is -0.374 e. The van der Waals surface area contributed by atoms with E-state index in [0.717, 1.165) is 11.5 Å². The van der Waals surface area contributed by atoms with Gasteiger partial charge in [0.05, 0.1) is 16.8 Å². The van der Waals surface area contributed by atoms with E-state index in [-0.39, 0.29) is 6.04 Å². The highest BCUT2D eigenvalue weighted by molar-refractivity contribution is 6.35. The number of nitrogens with zero attached hydrogens (tertiary/aromatic N) is 2. The van der Waals surface area contributed by atoms with E-state index in [1.54, 1.807) is 18.3 Å². The van der Waals surface area contributed by atoms with Gasteiger partial charge in [-0.3, -0.25) is 0 Å². The van der Waals surface area contributed by atoms with Crippen molar-refractivity contribution in [2.24, 2.45) is 7.05 Å². The molecule has 1 aromatic heterocycles. The van der Waals surface area contributed by atoms with Crippen LogP contribution in [0.25, 0.3) is 0 Å². The third-order valence-electron chi connectivity index (χ3n) is 2.55. The molecule has 0 aliphatic rings. The van der Waals surface area contributed by atoms with Crippen molar-refractivity contribution in [3.63, 3.8) is 0 Å². The molecule has 0 spiro atoms. The summed E-state index contributed by atoms with van der Waals surface area (Å²) in [6.45, 7) is 2.03. The second-order valence-corrected chi connectivity index (χ2v) is 4.73. The molecule has 0 saturated carbocycles. The molecule has 0 radical (unpaired) electrons. The first-order valence-corrected chi connectivity index (χ1v) is 6.02. The second kappa shape index (κ2) is 4.98. The molecular formula is C12H13Cl2N3. The van der Waals surface area contributed by atoms with Gasteiger partial charge in [0.25, 0.3) is 0 Å². The van der Waals surface area contributed by atoms with Crippen LogP contribution in [0.3, 0.4) is 0 Å². The Balaban J connectivity index is 2.21. The summed E-state index contributed by atoms with van der Waals surface area (Å²) in [5, 5.41) is 4.60. The molecule has 1 N–H and O–H groups in total. The maximum Gasteiger partial charge on any atom is 0.130 e. The van der Waals surface area contributed by atoms with Gasteiger partial charge in [0, 0.05) is 24.5 Å². The molecule has 1 aromatic carbocycles. The van der Waals surface area contributed by atoms with Crippen molar-refractivity contribution in [1.82, 2.24) is 9.55 Å². The van der Waals surface area contributed by atoms with Crippen molar-refractivity contribution in [3.8, 4) is 0 Å². The minimum absolute atomic E-state index is 0.0611. The first-order valence-electron chi connectivity index (χ1n) is 5.26. The maximum absolute atomic E-state index is 6.09. The second-order valence-electron chi connectivity index (χ2n) is 3.89. The lowest BCUT2D eigenvalue weighted by molar-refractivity contribution is 0.722. The SMILES string of the molecule is CC(Nc1cc(Cl)ccc1Cl)c1nccn1C. The Morgan fingerprint density at radius 3 is 2.76 bits per heavy atom. The molecule has 0 amide bonds. The standard InChI is InChI=1S/C12H13Cl2N3/c1-8(12-15-5-6-17(12)2)16-11-7-9(13)3-4-10(11)14/h3-8,16H,1-2H3. The quantitative estimate of drug-likeness (QED) is 0.916. The molecule has 0 saturated heterocycles. The van der Waals surface area contributed by atoms with E-state index in [1.165, 1.54) is 0 Å². The number of halogens is 2. The molecule has 0 aliphatic carbocycles. The fraction of sp³-hybridized carbons (Fsp3) is 0.250. The van der Waals surface area contributed by atoms with Gasteiger partial charge < -0.3 is 9.88 Å². The van der Waals surface area contributed by atoms with Gasteiger partial charge >= 0.3 is 0 Å². The monoisotopic (exact) mass is 269 g/mol. The van der Waals surface area contributed by atoms with Gasteiger partial charge in [-0.2, -0.15) is 0 Å². The number of hydrogen-bond donors (Lipinski definition) is 1. The van der Waals surface area contributed by atoms with Crippen LogP contribution in [0.2, 0.25) is 10.0 Å². The Morgan fingerprint density at radius 2 is 2.12 bits per heavy atom. The van der Waals surface area contributed by atoms with Gasteiger partial charge in [0.1, 0.15) is 5.82 Å². The van der Waals surface area contributed by atoms with Crippen LogP contribution in [0.1, 0.15) is 18.8 Å². The highest BCUT2D eigenvalue weighted by Crippen LogP contribution is 2.28. The van der Waals surface area contributed by atoms with E-state index >= 15 is 0 Å². The van der Waals surface area contributed by atoms with Crippen molar-refractivity contribution in [3.05, 3.63) is 46.5 Å². The van der Waals surface area contributed by atoms with Gasteiger partial charge in [-0.15, -0.1) is 0 Å². The number of nitrogens with one attached hydrogen (secondary N) is 1. The maximum atomic E-state index is 6.09. The molecule has 1 heterocycles. The van der Waals surface area contributed by atoms with Crippen LogP contribution in [0, 0.1) is 0 Å². The number of benzene rings is 1. The summed E-state index contributed by atoms with van der Waals surface area (Å²) in [5.41, 5.74) is 0.815. The van der Waals surface area contributed by atoms with E-state index in [2.05, 4.69) is 10.3 Å². The molecule has 90 valence electrons. The van der Waals surface area contributed by atoms with E-state index < -0.39 is 0 Å². The molecule has 0 aliphatic heterocycles. The molecule has 0 bridgehead atoms. The summed E-state index contributed by atoms with van der Waals surface area (Å²) in [4.78, 5) is 4.29. The van der Waals surface area contributed by atoms with Crippen LogP contribution in [0.5, 0.6) is 0 Å². The Labute approximate surface area is 110 Å². The number of anilines is 1.